The number of aryl methyl sites for hydroxylation is 2. The molecule has 0 aliphatic carbocycles. The first-order chi connectivity index (χ1) is 12.6. The molecule has 2 aromatic carbocycles. The van der Waals surface area contributed by atoms with Crippen LogP contribution in [0.2, 0.25) is 0 Å². The standard InChI is InChI=1S/C22H25N3O/c1-5-17-8-6-10-19(12-17)21-14-22(25-16(3)24-21)23-15(2)18-9-7-11-20(13-18)26-4/h6-15H,5H2,1-4H3,(H,23,24,25)/t15-/m0/s1. The van der Waals surface area contributed by atoms with E-state index in [2.05, 4.69) is 59.5 Å². The maximum Gasteiger partial charge on any atom is 0.130 e. The first kappa shape index (κ1) is 17.9. The fourth-order valence-electron chi connectivity index (χ4n) is 2.96. The SMILES string of the molecule is CCc1cccc(-c2cc(N[C@@H](C)c3cccc(OC)c3)nc(C)n2)c1. The molecule has 0 bridgehead atoms. The Labute approximate surface area is 155 Å². The van der Waals surface area contributed by atoms with Gasteiger partial charge in [0, 0.05) is 11.6 Å². The van der Waals surface area contributed by atoms with Gasteiger partial charge in [-0.3, -0.25) is 0 Å². The lowest BCUT2D eigenvalue weighted by Crippen LogP contribution is -2.09. The topological polar surface area (TPSA) is 47.0 Å². The van der Waals surface area contributed by atoms with Crippen LogP contribution in [0.25, 0.3) is 11.3 Å². The van der Waals surface area contributed by atoms with E-state index in [0.29, 0.717) is 0 Å². The van der Waals surface area contributed by atoms with E-state index in [4.69, 9.17) is 4.74 Å². The zero-order valence-electron chi connectivity index (χ0n) is 15.8. The summed E-state index contributed by atoms with van der Waals surface area (Å²) < 4.78 is 5.32. The van der Waals surface area contributed by atoms with E-state index in [1.165, 1.54) is 5.56 Å². The number of nitrogens with zero attached hydrogens (tertiary/aromatic N) is 2. The van der Waals surface area contributed by atoms with Crippen molar-refractivity contribution in [2.75, 3.05) is 12.4 Å². The van der Waals surface area contributed by atoms with Gasteiger partial charge in [-0.15, -0.1) is 0 Å². The van der Waals surface area contributed by atoms with Gasteiger partial charge in [-0.05, 0) is 49.6 Å². The van der Waals surface area contributed by atoms with Crippen molar-refractivity contribution in [2.45, 2.75) is 33.2 Å². The Morgan fingerprint density at radius 2 is 1.85 bits per heavy atom. The fourth-order valence-corrected chi connectivity index (χ4v) is 2.96. The molecule has 26 heavy (non-hydrogen) atoms. The Morgan fingerprint density at radius 1 is 1.04 bits per heavy atom. The summed E-state index contributed by atoms with van der Waals surface area (Å²) in [5.74, 6) is 2.43. The Kier molecular flexibility index (Phi) is 5.52. The maximum atomic E-state index is 5.32. The number of anilines is 1. The third-order valence-corrected chi connectivity index (χ3v) is 4.43. The summed E-state index contributed by atoms with van der Waals surface area (Å²) >= 11 is 0. The summed E-state index contributed by atoms with van der Waals surface area (Å²) in [5, 5.41) is 3.48. The lowest BCUT2D eigenvalue weighted by molar-refractivity contribution is 0.414. The molecule has 0 spiro atoms. The van der Waals surface area contributed by atoms with Crippen molar-refractivity contribution >= 4 is 5.82 Å². The van der Waals surface area contributed by atoms with Gasteiger partial charge in [-0.25, -0.2) is 9.97 Å². The highest BCUT2D eigenvalue weighted by Crippen LogP contribution is 2.25. The van der Waals surface area contributed by atoms with E-state index in [9.17, 15) is 0 Å². The molecule has 1 atom stereocenters. The van der Waals surface area contributed by atoms with Crippen LogP contribution >= 0.6 is 0 Å². The molecule has 0 amide bonds. The number of ether oxygens (including phenoxy) is 1. The predicted molar refractivity (Wildman–Crippen MR) is 107 cm³/mol. The molecule has 1 N–H and O–H groups in total. The van der Waals surface area contributed by atoms with Crippen molar-refractivity contribution in [3.63, 3.8) is 0 Å². The maximum absolute atomic E-state index is 5.32. The number of benzene rings is 2. The van der Waals surface area contributed by atoms with Gasteiger partial charge in [0.2, 0.25) is 0 Å². The first-order valence-electron chi connectivity index (χ1n) is 8.94. The van der Waals surface area contributed by atoms with Crippen molar-refractivity contribution in [1.29, 1.82) is 0 Å². The summed E-state index contributed by atoms with van der Waals surface area (Å²) in [4.78, 5) is 9.17. The van der Waals surface area contributed by atoms with Crippen molar-refractivity contribution in [3.05, 3.63) is 71.5 Å². The molecule has 134 valence electrons. The van der Waals surface area contributed by atoms with E-state index in [-0.39, 0.29) is 6.04 Å². The van der Waals surface area contributed by atoms with Gasteiger partial charge >= 0.3 is 0 Å². The van der Waals surface area contributed by atoms with Crippen LogP contribution in [0, 0.1) is 6.92 Å². The van der Waals surface area contributed by atoms with Crippen LogP contribution in [0.5, 0.6) is 5.75 Å². The largest absolute Gasteiger partial charge is 0.497 e. The number of hydrogen-bond donors (Lipinski definition) is 1. The highest BCUT2D eigenvalue weighted by Gasteiger charge is 2.10. The second-order valence-corrected chi connectivity index (χ2v) is 6.38. The molecule has 1 aromatic heterocycles. The summed E-state index contributed by atoms with van der Waals surface area (Å²) in [6, 6.07) is 18.7. The molecule has 0 aliphatic rings. The molecule has 4 heteroatoms. The molecule has 0 fully saturated rings. The smallest absolute Gasteiger partial charge is 0.130 e. The third-order valence-electron chi connectivity index (χ3n) is 4.43. The van der Waals surface area contributed by atoms with Gasteiger partial charge in [0.05, 0.1) is 18.8 Å². The molecule has 3 rings (SSSR count). The lowest BCUT2D eigenvalue weighted by atomic mass is 10.1. The second-order valence-electron chi connectivity index (χ2n) is 6.38. The molecule has 0 aliphatic heterocycles. The zero-order valence-corrected chi connectivity index (χ0v) is 15.8. The minimum absolute atomic E-state index is 0.106. The molecule has 4 nitrogen and oxygen atoms in total. The van der Waals surface area contributed by atoms with Crippen LogP contribution in [0.15, 0.2) is 54.6 Å². The summed E-state index contributed by atoms with van der Waals surface area (Å²) in [6.45, 7) is 6.20. The zero-order chi connectivity index (χ0) is 18.5. The number of nitrogens with one attached hydrogen (secondary N) is 1. The number of hydrogen-bond acceptors (Lipinski definition) is 4. The Balaban J connectivity index is 1.87. The fraction of sp³-hybridized carbons (Fsp3) is 0.273. The van der Waals surface area contributed by atoms with Gasteiger partial charge in [0.25, 0.3) is 0 Å². The highest BCUT2D eigenvalue weighted by molar-refractivity contribution is 5.63. The average molecular weight is 347 g/mol. The van der Waals surface area contributed by atoms with Gasteiger partial charge in [-0.1, -0.05) is 37.3 Å². The van der Waals surface area contributed by atoms with Crippen LogP contribution in [-0.4, -0.2) is 17.1 Å². The van der Waals surface area contributed by atoms with Crippen LogP contribution < -0.4 is 10.1 Å². The summed E-state index contributed by atoms with van der Waals surface area (Å²) in [5.41, 5.74) is 4.51. The van der Waals surface area contributed by atoms with Crippen LogP contribution in [-0.2, 0) is 6.42 Å². The Hall–Kier alpha value is -2.88. The molecule has 0 radical (unpaired) electrons. The van der Waals surface area contributed by atoms with Crippen molar-refractivity contribution in [1.82, 2.24) is 9.97 Å². The van der Waals surface area contributed by atoms with Crippen molar-refractivity contribution in [2.24, 2.45) is 0 Å². The highest BCUT2D eigenvalue weighted by atomic mass is 16.5. The predicted octanol–water partition coefficient (Wildman–Crippen LogP) is 5.20. The normalized spacial score (nSPS) is 11.8. The van der Waals surface area contributed by atoms with Gasteiger partial charge in [-0.2, -0.15) is 0 Å². The van der Waals surface area contributed by atoms with Crippen molar-refractivity contribution in [3.8, 4) is 17.0 Å². The van der Waals surface area contributed by atoms with E-state index in [0.717, 1.165) is 40.6 Å². The Morgan fingerprint density at radius 3 is 2.62 bits per heavy atom. The minimum Gasteiger partial charge on any atom is -0.497 e. The van der Waals surface area contributed by atoms with E-state index in [1.807, 2.05) is 31.2 Å². The van der Waals surface area contributed by atoms with Gasteiger partial charge < -0.3 is 10.1 Å². The molecule has 0 saturated heterocycles. The lowest BCUT2D eigenvalue weighted by Gasteiger charge is -2.17. The monoisotopic (exact) mass is 347 g/mol. The molecule has 0 saturated carbocycles. The summed E-state index contributed by atoms with van der Waals surface area (Å²) in [6.07, 6.45) is 1.01. The molecule has 0 unspecified atom stereocenters. The Bertz CT molecular complexity index is 892. The molecular weight excluding hydrogens is 322 g/mol. The second kappa shape index (κ2) is 8.00. The molecule has 3 aromatic rings. The molecular formula is C22H25N3O. The van der Waals surface area contributed by atoms with Gasteiger partial charge in [0.1, 0.15) is 17.4 Å². The first-order valence-corrected chi connectivity index (χ1v) is 8.94. The van der Waals surface area contributed by atoms with Crippen LogP contribution in [0.3, 0.4) is 0 Å². The minimum atomic E-state index is 0.106. The average Bonchev–Trinajstić information content (AvgIpc) is 2.67. The van der Waals surface area contributed by atoms with E-state index < -0.39 is 0 Å². The number of methoxy groups -OCH3 is 1. The summed E-state index contributed by atoms with van der Waals surface area (Å²) in [7, 11) is 1.68. The van der Waals surface area contributed by atoms with Crippen molar-refractivity contribution < 1.29 is 4.74 Å². The number of rotatable bonds is 6. The van der Waals surface area contributed by atoms with Gasteiger partial charge in [0.15, 0.2) is 0 Å². The number of aromatic nitrogens is 2. The third kappa shape index (κ3) is 4.20. The molecule has 1 heterocycles. The van der Waals surface area contributed by atoms with Crippen LogP contribution in [0.4, 0.5) is 5.82 Å². The van der Waals surface area contributed by atoms with E-state index >= 15 is 0 Å². The van der Waals surface area contributed by atoms with Crippen LogP contribution in [0.1, 0.15) is 36.8 Å². The van der Waals surface area contributed by atoms with E-state index in [1.54, 1.807) is 7.11 Å². The quantitative estimate of drug-likeness (QED) is 0.666.